The Bertz CT molecular complexity index is 237. The summed E-state index contributed by atoms with van der Waals surface area (Å²) in [6.45, 7) is 6.44. The van der Waals surface area contributed by atoms with Crippen molar-refractivity contribution >= 4 is 11.7 Å². The standard InChI is InChI=1S/C11H19NO2/c1-4-8(2)11(9(3)13)12-7-5-6-10(12)14/h8,11H,4-7H2,1-3H3/t8-,11-/m0/s1. The first-order chi connectivity index (χ1) is 6.57. The van der Waals surface area contributed by atoms with Gasteiger partial charge in [0, 0.05) is 13.0 Å². The van der Waals surface area contributed by atoms with E-state index in [0.717, 1.165) is 19.4 Å². The second-order valence-corrected chi connectivity index (χ2v) is 4.13. The third kappa shape index (κ3) is 2.14. The minimum Gasteiger partial charge on any atom is -0.332 e. The zero-order valence-corrected chi connectivity index (χ0v) is 9.25. The lowest BCUT2D eigenvalue weighted by Gasteiger charge is -2.30. The number of Topliss-reactive ketones (excluding diaryl/α,β-unsaturated/α-hetero) is 1. The number of carbonyl (C=O) groups is 2. The smallest absolute Gasteiger partial charge is 0.223 e. The molecule has 1 aliphatic heterocycles. The van der Waals surface area contributed by atoms with Crippen LogP contribution in [-0.2, 0) is 9.59 Å². The molecule has 0 bridgehead atoms. The van der Waals surface area contributed by atoms with Crippen LogP contribution in [-0.4, -0.2) is 29.2 Å². The van der Waals surface area contributed by atoms with Gasteiger partial charge in [0.15, 0.2) is 5.78 Å². The molecule has 3 nitrogen and oxygen atoms in total. The van der Waals surface area contributed by atoms with Gasteiger partial charge in [-0.25, -0.2) is 0 Å². The lowest BCUT2D eigenvalue weighted by molar-refractivity contribution is -0.137. The molecule has 0 aromatic rings. The third-order valence-corrected chi connectivity index (χ3v) is 3.05. The Morgan fingerprint density at radius 3 is 2.57 bits per heavy atom. The number of hydrogen-bond acceptors (Lipinski definition) is 2. The fraction of sp³-hybridized carbons (Fsp3) is 0.818. The van der Waals surface area contributed by atoms with Gasteiger partial charge in [-0.2, -0.15) is 0 Å². The van der Waals surface area contributed by atoms with Crippen LogP contribution < -0.4 is 0 Å². The van der Waals surface area contributed by atoms with Crippen LogP contribution in [0.25, 0.3) is 0 Å². The topological polar surface area (TPSA) is 37.4 Å². The molecule has 1 saturated heterocycles. The summed E-state index contributed by atoms with van der Waals surface area (Å²) in [6.07, 6.45) is 2.45. The van der Waals surface area contributed by atoms with Crippen molar-refractivity contribution in [2.24, 2.45) is 5.92 Å². The Balaban J connectivity index is 2.76. The molecule has 1 amide bonds. The molecular weight excluding hydrogens is 178 g/mol. The Morgan fingerprint density at radius 2 is 2.21 bits per heavy atom. The van der Waals surface area contributed by atoms with Crippen molar-refractivity contribution < 1.29 is 9.59 Å². The number of carbonyl (C=O) groups excluding carboxylic acids is 2. The predicted molar refractivity (Wildman–Crippen MR) is 54.9 cm³/mol. The SMILES string of the molecule is CC[C@H](C)[C@@H](C(C)=O)N1CCCC1=O. The van der Waals surface area contributed by atoms with E-state index < -0.39 is 0 Å². The van der Waals surface area contributed by atoms with Crippen LogP contribution in [0.4, 0.5) is 0 Å². The maximum absolute atomic E-state index is 11.5. The second kappa shape index (κ2) is 4.58. The van der Waals surface area contributed by atoms with Crippen LogP contribution >= 0.6 is 0 Å². The molecule has 0 N–H and O–H groups in total. The Kier molecular flexibility index (Phi) is 3.67. The summed E-state index contributed by atoms with van der Waals surface area (Å²) < 4.78 is 0. The van der Waals surface area contributed by atoms with Crippen molar-refractivity contribution in [2.75, 3.05) is 6.54 Å². The van der Waals surface area contributed by atoms with Gasteiger partial charge < -0.3 is 4.90 Å². The van der Waals surface area contributed by atoms with E-state index in [4.69, 9.17) is 0 Å². The summed E-state index contributed by atoms with van der Waals surface area (Å²) in [4.78, 5) is 24.8. The van der Waals surface area contributed by atoms with Gasteiger partial charge >= 0.3 is 0 Å². The number of ketones is 1. The molecule has 1 fully saturated rings. The fourth-order valence-electron chi connectivity index (χ4n) is 2.11. The number of likely N-dealkylation sites (tertiary alicyclic amines) is 1. The van der Waals surface area contributed by atoms with E-state index in [2.05, 4.69) is 6.92 Å². The van der Waals surface area contributed by atoms with Gasteiger partial charge in [-0.15, -0.1) is 0 Å². The lowest BCUT2D eigenvalue weighted by Crippen LogP contribution is -2.45. The zero-order valence-electron chi connectivity index (χ0n) is 9.25. The van der Waals surface area contributed by atoms with Gasteiger partial charge in [0.25, 0.3) is 0 Å². The highest BCUT2D eigenvalue weighted by Crippen LogP contribution is 2.21. The zero-order chi connectivity index (χ0) is 10.7. The Morgan fingerprint density at radius 1 is 1.57 bits per heavy atom. The highest BCUT2D eigenvalue weighted by atomic mass is 16.2. The number of rotatable bonds is 4. The molecule has 0 aliphatic carbocycles. The summed E-state index contributed by atoms with van der Waals surface area (Å²) in [5, 5.41) is 0. The number of hydrogen-bond donors (Lipinski definition) is 0. The molecule has 0 aromatic carbocycles. The average Bonchev–Trinajstić information content (AvgIpc) is 2.52. The molecule has 1 aliphatic rings. The molecule has 3 heteroatoms. The Hall–Kier alpha value is -0.860. The molecule has 0 unspecified atom stereocenters. The van der Waals surface area contributed by atoms with Crippen molar-refractivity contribution in [3.05, 3.63) is 0 Å². The van der Waals surface area contributed by atoms with E-state index in [1.165, 1.54) is 0 Å². The van der Waals surface area contributed by atoms with Gasteiger partial charge in [-0.1, -0.05) is 20.3 Å². The molecule has 80 valence electrons. The molecule has 0 radical (unpaired) electrons. The number of nitrogens with zero attached hydrogens (tertiary/aromatic N) is 1. The number of amides is 1. The molecule has 14 heavy (non-hydrogen) atoms. The van der Waals surface area contributed by atoms with Gasteiger partial charge in [-0.05, 0) is 19.3 Å². The van der Waals surface area contributed by atoms with Crippen LogP contribution in [0.5, 0.6) is 0 Å². The summed E-state index contributed by atoms with van der Waals surface area (Å²) >= 11 is 0. The van der Waals surface area contributed by atoms with Crippen LogP contribution in [0.3, 0.4) is 0 Å². The highest BCUT2D eigenvalue weighted by Gasteiger charge is 2.33. The van der Waals surface area contributed by atoms with Crippen molar-refractivity contribution in [1.29, 1.82) is 0 Å². The summed E-state index contributed by atoms with van der Waals surface area (Å²) in [6, 6.07) is -0.185. The van der Waals surface area contributed by atoms with Crippen LogP contribution in [0.2, 0.25) is 0 Å². The van der Waals surface area contributed by atoms with Crippen molar-refractivity contribution in [3.63, 3.8) is 0 Å². The van der Waals surface area contributed by atoms with Gasteiger partial charge in [0.05, 0.1) is 6.04 Å². The van der Waals surface area contributed by atoms with E-state index >= 15 is 0 Å². The molecule has 1 heterocycles. The summed E-state index contributed by atoms with van der Waals surface area (Å²) in [5.74, 6) is 0.537. The summed E-state index contributed by atoms with van der Waals surface area (Å²) in [7, 11) is 0. The normalized spacial score (nSPS) is 21.1. The van der Waals surface area contributed by atoms with Gasteiger partial charge in [0.1, 0.15) is 0 Å². The fourth-order valence-corrected chi connectivity index (χ4v) is 2.11. The van der Waals surface area contributed by atoms with E-state index in [-0.39, 0.29) is 23.7 Å². The van der Waals surface area contributed by atoms with E-state index in [9.17, 15) is 9.59 Å². The van der Waals surface area contributed by atoms with Crippen LogP contribution in [0.1, 0.15) is 40.0 Å². The van der Waals surface area contributed by atoms with Crippen LogP contribution in [0, 0.1) is 5.92 Å². The first-order valence-corrected chi connectivity index (χ1v) is 5.37. The van der Waals surface area contributed by atoms with E-state index in [1.807, 2.05) is 6.92 Å². The molecule has 2 atom stereocenters. The molecule has 0 aromatic heterocycles. The second-order valence-electron chi connectivity index (χ2n) is 4.13. The monoisotopic (exact) mass is 197 g/mol. The van der Waals surface area contributed by atoms with Gasteiger partial charge in [0.2, 0.25) is 5.91 Å². The van der Waals surface area contributed by atoms with Crippen LogP contribution in [0.15, 0.2) is 0 Å². The van der Waals surface area contributed by atoms with Crippen molar-refractivity contribution in [2.45, 2.75) is 46.1 Å². The van der Waals surface area contributed by atoms with Gasteiger partial charge in [-0.3, -0.25) is 9.59 Å². The minimum atomic E-state index is -0.185. The first-order valence-electron chi connectivity index (χ1n) is 5.37. The highest BCUT2D eigenvalue weighted by molar-refractivity contribution is 5.88. The van der Waals surface area contributed by atoms with Crippen molar-refractivity contribution in [3.8, 4) is 0 Å². The molecule has 0 saturated carbocycles. The van der Waals surface area contributed by atoms with E-state index in [0.29, 0.717) is 6.42 Å². The third-order valence-electron chi connectivity index (χ3n) is 3.05. The quantitative estimate of drug-likeness (QED) is 0.686. The average molecular weight is 197 g/mol. The molecule has 1 rings (SSSR count). The maximum Gasteiger partial charge on any atom is 0.223 e. The largest absolute Gasteiger partial charge is 0.332 e. The Labute approximate surface area is 85.5 Å². The minimum absolute atomic E-state index is 0.120. The molecular formula is C11H19NO2. The first kappa shape index (κ1) is 11.2. The summed E-state index contributed by atoms with van der Waals surface area (Å²) in [5.41, 5.74) is 0. The molecule has 0 spiro atoms. The van der Waals surface area contributed by atoms with E-state index in [1.54, 1.807) is 11.8 Å². The maximum atomic E-state index is 11.5. The lowest BCUT2D eigenvalue weighted by atomic mass is 9.95. The van der Waals surface area contributed by atoms with Crippen molar-refractivity contribution in [1.82, 2.24) is 4.90 Å². The predicted octanol–water partition coefficient (Wildman–Crippen LogP) is 1.61.